The zero-order valence-electron chi connectivity index (χ0n) is 13.0. The molecule has 1 aromatic carbocycles. The summed E-state index contributed by atoms with van der Waals surface area (Å²) in [4.78, 5) is 32.4. The summed E-state index contributed by atoms with van der Waals surface area (Å²) in [5.74, 6) is 0.0168. The zero-order chi connectivity index (χ0) is 17.4. The van der Waals surface area contributed by atoms with Crippen LogP contribution in [-0.4, -0.2) is 29.5 Å². The molecule has 0 aliphatic rings. The van der Waals surface area contributed by atoms with Gasteiger partial charge in [0.1, 0.15) is 5.82 Å². The van der Waals surface area contributed by atoms with Crippen molar-refractivity contribution in [2.45, 2.75) is 13.3 Å². The van der Waals surface area contributed by atoms with Gasteiger partial charge in [-0.15, -0.1) is 0 Å². The van der Waals surface area contributed by atoms with Crippen LogP contribution in [0.3, 0.4) is 0 Å². The average molecular weight is 437 g/mol. The molecule has 0 aliphatic carbocycles. The summed E-state index contributed by atoms with van der Waals surface area (Å²) >= 11 is 2.13. The Bertz CT molecular complexity index is 728. The van der Waals surface area contributed by atoms with Gasteiger partial charge >= 0.3 is 0 Å². The van der Waals surface area contributed by atoms with E-state index >= 15 is 0 Å². The molecule has 7 heteroatoms. The number of hydrogen-bond donors (Lipinski definition) is 1. The van der Waals surface area contributed by atoms with E-state index in [4.69, 9.17) is 4.84 Å². The van der Waals surface area contributed by atoms with E-state index in [1.54, 1.807) is 24.4 Å². The second-order valence-corrected chi connectivity index (χ2v) is 6.21. The van der Waals surface area contributed by atoms with Crippen molar-refractivity contribution < 1.29 is 14.4 Å². The maximum absolute atomic E-state index is 11.9. The van der Waals surface area contributed by atoms with E-state index in [9.17, 15) is 9.59 Å². The van der Waals surface area contributed by atoms with Gasteiger partial charge < -0.3 is 10.2 Å². The van der Waals surface area contributed by atoms with Gasteiger partial charge in [-0.3, -0.25) is 9.59 Å². The van der Waals surface area contributed by atoms with Crippen molar-refractivity contribution in [1.82, 2.24) is 4.98 Å². The summed E-state index contributed by atoms with van der Waals surface area (Å²) < 4.78 is 0.977. The molecule has 0 aliphatic heterocycles. The second kappa shape index (κ2) is 9.11. The molecule has 124 valence electrons. The summed E-state index contributed by atoms with van der Waals surface area (Å²) in [6.45, 7) is 1.71. The molecule has 0 saturated carbocycles. The Morgan fingerprint density at radius 1 is 1.25 bits per heavy atom. The number of nitrogens with zero attached hydrogens (tertiary/aromatic N) is 2. The average Bonchev–Trinajstić information content (AvgIpc) is 2.57. The lowest BCUT2D eigenvalue weighted by atomic mass is 10.1. The molecule has 1 amide bonds. The molecule has 0 fully saturated rings. The van der Waals surface area contributed by atoms with E-state index in [-0.39, 0.29) is 24.7 Å². The highest BCUT2D eigenvalue weighted by atomic mass is 127. The highest BCUT2D eigenvalue weighted by molar-refractivity contribution is 14.1. The lowest BCUT2D eigenvalue weighted by molar-refractivity contribution is -0.120. The Morgan fingerprint density at radius 3 is 2.67 bits per heavy atom. The third-order valence-corrected chi connectivity index (χ3v) is 3.63. The third kappa shape index (κ3) is 6.07. The van der Waals surface area contributed by atoms with Gasteiger partial charge in [-0.2, -0.15) is 0 Å². The van der Waals surface area contributed by atoms with Crippen LogP contribution in [0.15, 0.2) is 47.8 Å². The second-order valence-electron chi connectivity index (χ2n) is 4.96. The number of carbonyl (C=O) groups is 2. The number of carbonyl (C=O) groups excluding carboxylic acids is 2. The lowest BCUT2D eigenvalue weighted by Crippen LogP contribution is -2.17. The molecule has 0 unspecified atom stereocenters. The first-order chi connectivity index (χ1) is 11.5. The van der Waals surface area contributed by atoms with Crippen LogP contribution in [-0.2, 0) is 9.63 Å². The topological polar surface area (TPSA) is 80.6 Å². The number of aromatic nitrogens is 1. The number of pyridine rings is 1. The van der Waals surface area contributed by atoms with Crippen LogP contribution in [0.2, 0.25) is 0 Å². The molecule has 1 aromatic heterocycles. The predicted octanol–water partition coefficient (Wildman–Crippen LogP) is 3.21. The van der Waals surface area contributed by atoms with Gasteiger partial charge in [-0.05, 0) is 41.6 Å². The van der Waals surface area contributed by atoms with Gasteiger partial charge in [0, 0.05) is 21.8 Å². The Balaban J connectivity index is 1.70. The third-order valence-electron chi connectivity index (χ3n) is 2.99. The maximum atomic E-state index is 11.9. The molecule has 2 aromatic rings. The standard InChI is InChI=1S/C17H16IN3O3/c1-12-2-4-13(5-3-12)15(22)8-9-20-24-11-17(23)21-16-7-6-14(18)10-19-16/h2-7,9-10H,8,11H2,1H3,(H,19,21,23). The predicted molar refractivity (Wildman–Crippen MR) is 100 cm³/mol. The number of rotatable bonds is 7. The van der Waals surface area contributed by atoms with Crippen LogP contribution in [0, 0.1) is 10.5 Å². The highest BCUT2D eigenvalue weighted by Gasteiger charge is 2.05. The molecular formula is C17H16IN3O3. The van der Waals surface area contributed by atoms with Crippen molar-refractivity contribution in [3.05, 3.63) is 57.3 Å². The number of aryl methyl sites for hydroxylation is 1. The Hall–Kier alpha value is -2.29. The fraction of sp³-hybridized carbons (Fsp3) is 0.176. The first-order valence-corrected chi connectivity index (χ1v) is 8.27. The molecule has 0 spiro atoms. The minimum atomic E-state index is -0.370. The largest absolute Gasteiger partial charge is 0.386 e. The molecule has 24 heavy (non-hydrogen) atoms. The number of oxime groups is 1. The quantitative estimate of drug-likeness (QED) is 0.312. The Kier molecular flexibility index (Phi) is 6.86. The molecule has 6 nitrogen and oxygen atoms in total. The number of anilines is 1. The monoisotopic (exact) mass is 437 g/mol. The van der Waals surface area contributed by atoms with Gasteiger partial charge in [0.25, 0.3) is 5.91 Å². The van der Waals surface area contributed by atoms with E-state index in [2.05, 4.69) is 38.0 Å². The van der Waals surface area contributed by atoms with Crippen molar-refractivity contribution >= 4 is 46.3 Å². The van der Waals surface area contributed by atoms with E-state index in [0.29, 0.717) is 11.4 Å². The first kappa shape index (κ1) is 18.1. The van der Waals surface area contributed by atoms with Crippen molar-refractivity contribution in [2.75, 3.05) is 11.9 Å². The summed E-state index contributed by atoms with van der Waals surface area (Å²) in [7, 11) is 0. The van der Waals surface area contributed by atoms with Crippen LogP contribution in [0.25, 0.3) is 0 Å². The van der Waals surface area contributed by atoms with Crippen LogP contribution < -0.4 is 5.32 Å². The van der Waals surface area contributed by atoms with E-state index in [1.165, 1.54) is 6.21 Å². The fourth-order valence-corrected chi connectivity index (χ4v) is 2.07. The van der Waals surface area contributed by atoms with Crippen molar-refractivity contribution in [3.8, 4) is 0 Å². The van der Waals surface area contributed by atoms with Crippen molar-refractivity contribution in [1.29, 1.82) is 0 Å². The minimum Gasteiger partial charge on any atom is -0.386 e. The summed E-state index contributed by atoms with van der Waals surface area (Å²) in [5.41, 5.74) is 1.71. The van der Waals surface area contributed by atoms with Gasteiger partial charge in [-0.1, -0.05) is 35.0 Å². The molecular weight excluding hydrogens is 421 g/mol. The Morgan fingerprint density at radius 2 is 2.00 bits per heavy atom. The lowest BCUT2D eigenvalue weighted by Gasteiger charge is -2.03. The number of ketones is 1. The van der Waals surface area contributed by atoms with Crippen LogP contribution >= 0.6 is 22.6 Å². The molecule has 0 bridgehead atoms. The van der Waals surface area contributed by atoms with Crippen LogP contribution in [0.1, 0.15) is 22.3 Å². The SMILES string of the molecule is Cc1ccc(C(=O)CC=NOCC(=O)Nc2ccc(I)cn2)cc1. The van der Waals surface area contributed by atoms with E-state index in [0.717, 1.165) is 9.13 Å². The molecule has 1 heterocycles. The number of hydrogen-bond acceptors (Lipinski definition) is 5. The summed E-state index contributed by atoms with van der Waals surface area (Å²) in [5, 5.41) is 6.20. The van der Waals surface area contributed by atoms with Crippen molar-refractivity contribution in [3.63, 3.8) is 0 Å². The van der Waals surface area contributed by atoms with Gasteiger partial charge in [0.2, 0.25) is 0 Å². The van der Waals surface area contributed by atoms with Crippen molar-refractivity contribution in [2.24, 2.45) is 5.16 Å². The molecule has 0 saturated heterocycles. The molecule has 0 radical (unpaired) electrons. The Labute approximate surface area is 153 Å². The normalized spacial score (nSPS) is 10.6. The van der Waals surface area contributed by atoms with Gasteiger partial charge in [0.05, 0.1) is 6.21 Å². The van der Waals surface area contributed by atoms with Gasteiger partial charge in [-0.25, -0.2) is 4.98 Å². The maximum Gasteiger partial charge on any atom is 0.266 e. The van der Waals surface area contributed by atoms with Crippen LogP contribution in [0.5, 0.6) is 0 Å². The molecule has 2 rings (SSSR count). The van der Waals surface area contributed by atoms with Crippen LogP contribution in [0.4, 0.5) is 5.82 Å². The molecule has 0 atom stereocenters. The number of benzene rings is 1. The number of halogens is 1. The number of Topliss-reactive ketones (excluding diaryl/α,β-unsaturated/α-hetero) is 1. The highest BCUT2D eigenvalue weighted by Crippen LogP contribution is 2.07. The number of nitrogens with one attached hydrogen (secondary N) is 1. The minimum absolute atomic E-state index is 0.0603. The first-order valence-electron chi connectivity index (χ1n) is 7.19. The smallest absolute Gasteiger partial charge is 0.266 e. The summed E-state index contributed by atoms with van der Waals surface area (Å²) in [6.07, 6.45) is 3.10. The summed E-state index contributed by atoms with van der Waals surface area (Å²) in [6, 6.07) is 10.8. The molecule has 1 N–H and O–H groups in total. The number of amides is 1. The zero-order valence-corrected chi connectivity index (χ0v) is 15.2. The van der Waals surface area contributed by atoms with E-state index < -0.39 is 0 Å². The van der Waals surface area contributed by atoms with Gasteiger partial charge in [0.15, 0.2) is 12.4 Å². The fourth-order valence-electron chi connectivity index (χ4n) is 1.75. The van der Waals surface area contributed by atoms with E-state index in [1.807, 2.05) is 25.1 Å².